The maximum absolute atomic E-state index is 12.6. The topological polar surface area (TPSA) is 43.8 Å². The lowest BCUT2D eigenvalue weighted by molar-refractivity contribution is -0.121. The number of benzene rings is 1. The van der Waals surface area contributed by atoms with Crippen molar-refractivity contribution in [3.05, 3.63) is 29.3 Å². The van der Waals surface area contributed by atoms with Gasteiger partial charge in [0.25, 0.3) is 0 Å². The van der Waals surface area contributed by atoms with Crippen LogP contribution in [0.25, 0.3) is 0 Å². The number of likely N-dealkylation sites (tertiary alicyclic amines) is 1. The third-order valence-electron chi connectivity index (χ3n) is 4.69. The first kappa shape index (κ1) is 14.8. The van der Waals surface area contributed by atoms with E-state index in [9.17, 15) is 9.90 Å². The minimum Gasteiger partial charge on any atom is -0.393 e. The number of amides is 1. The first-order valence-corrected chi connectivity index (χ1v) is 7.93. The Kier molecular flexibility index (Phi) is 4.20. The fourth-order valence-corrected chi connectivity index (χ4v) is 3.50. The van der Waals surface area contributed by atoms with Crippen molar-refractivity contribution in [2.45, 2.75) is 31.9 Å². The average molecular weight is 309 g/mol. The molecule has 0 spiro atoms. The number of carbonyl (C=O) groups is 1. The molecule has 0 aromatic heterocycles. The lowest BCUT2D eigenvalue weighted by Gasteiger charge is -2.24. The Hall–Kier alpha value is -1.10. The zero-order chi connectivity index (χ0) is 15.0. The summed E-state index contributed by atoms with van der Waals surface area (Å²) < 4.78 is 0. The van der Waals surface area contributed by atoms with Gasteiger partial charge in [-0.25, -0.2) is 0 Å². The predicted octanol–water partition coefficient (Wildman–Crippen LogP) is 2.15. The highest BCUT2D eigenvalue weighted by Crippen LogP contribution is 2.29. The third-order valence-corrected chi connectivity index (χ3v) is 4.95. The molecule has 1 N–H and O–H groups in total. The molecule has 2 aliphatic heterocycles. The lowest BCUT2D eigenvalue weighted by atomic mass is 10.0. The van der Waals surface area contributed by atoms with Crippen LogP contribution in [0.3, 0.4) is 0 Å². The second-order valence-corrected chi connectivity index (χ2v) is 6.49. The average Bonchev–Trinajstić information content (AvgIpc) is 3.06. The summed E-state index contributed by atoms with van der Waals surface area (Å²) in [6.07, 6.45) is 1.54. The fraction of sp³-hybridized carbons (Fsp3) is 0.562. The van der Waals surface area contributed by atoms with Gasteiger partial charge in [-0.2, -0.15) is 0 Å². The number of nitrogens with zero attached hydrogens (tertiary/aromatic N) is 2. The van der Waals surface area contributed by atoms with Crippen molar-refractivity contribution < 1.29 is 9.90 Å². The second-order valence-electron chi connectivity index (χ2n) is 6.06. The van der Waals surface area contributed by atoms with Crippen LogP contribution in [0.5, 0.6) is 0 Å². The summed E-state index contributed by atoms with van der Waals surface area (Å²) in [6.45, 7) is 4.31. The number of halogens is 1. The van der Waals surface area contributed by atoms with E-state index in [-0.39, 0.29) is 18.1 Å². The normalized spacial score (nSPS) is 28.3. The number of aliphatic hydroxyl groups is 1. The molecule has 2 heterocycles. The van der Waals surface area contributed by atoms with Gasteiger partial charge in [-0.3, -0.25) is 9.69 Å². The molecule has 2 aliphatic rings. The van der Waals surface area contributed by atoms with E-state index in [0.29, 0.717) is 10.9 Å². The molecule has 3 atom stereocenters. The molecule has 1 amide bonds. The monoisotopic (exact) mass is 308 g/mol. The van der Waals surface area contributed by atoms with Gasteiger partial charge >= 0.3 is 0 Å². The van der Waals surface area contributed by atoms with Crippen LogP contribution >= 0.6 is 11.6 Å². The van der Waals surface area contributed by atoms with Crippen molar-refractivity contribution >= 4 is 23.2 Å². The third kappa shape index (κ3) is 2.93. The van der Waals surface area contributed by atoms with E-state index in [1.165, 1.54) is 0 Å². The molecule has 1 aromatic carbocycles. The smallest absolute Gasteiger partial charge is 0.244 e. The molecule has 3 rings (SSSR count). The molecule has 114 valence electrons. The summed E-state index contributed by atoms with van der Waals surface area (Å²) in [7, 11) is 0. The molecule has 2 fully saturated rings. The van der Waals surface area contributed by atoms with Gasteiger partial charge in [-0.1, -0.05) is 11.6 Å². The van der Waals surface area contributed by atoms with Gasteiger partial charge in [0.15, 0.2) is 0 Å². The van der Waals surface area contributed by atoms with Crippen LogP contribution in [0.2, 0.25) is 5.02 Å². The Labute approximate surface area is 130 Å². The number of hydrogen-bond acceptors (Lipinski definition) is 3. The van der Waals surface area contributed by atoms with Crippen molar-refractivity contribution in [2.24, 2.45) is 5.92 Å². The zero-order valence-electron chi connectivity index (χ0n) is 12.2. The number of aliphatic hydroxyl groups excluding tert-OH is 1. The maximum atomic E-state index is 12.6. The van der Waals surface area contributed by atoms with E-state index in [2.05, 4.69) is 4.90 Å². The minimum absolute atomic E-state index is 0.0376. The van der Waals surface area contributed by atoms with E-state index in [1.54, 1.807) is 0 Å². The van der Waals surface area contributed by atoms with Crippen molar-refractivity contribution in [1.82, 2.24) is 4.90 Å². The van der Waals surface area contributed by atoms with Gasteiger partial charge in [0.05, 0.1) is 12.1 Å². The van der Waals surface area contributed by atoms with Gasteiger partial charge in [-0.15, -0.1) is 0 Å². The summed E-state index contributed by atoms with van der Waals surface area (Å²) >= 11 is 5.90. The maximum Gasteiger partial charge on any atom is 0.244 e. The van der Waals surface area contributed by atoms with E-state index in [4.69, 9.17) is 11.6 Å². The van der Waals surface area contributed by atoms with Gasteiger partial charge in [0.1, 0.15) is 0 Å². The molecule has 2 saturated heterocycles. The van der Waals surface area contributed by atoms with Crippen LogP contribution in [-0.4, -0.2) is 47.7 Å². The molecule has 0 radical (unpaired) electrons. The van der Waals surface area contributed by atoms with Crippen molar-refractivity contribution in [3.63, 3.8) is 0 Å². The van der Waals surface area contributed by atoms with E-state index >= 15 is 0 Å². The number of carbonyl (C=O) groups excluding carboxylic acids is 1. The minimum atomic E-state index is -0.293. The van der Waals surface area contributed by atoms with E-state index in [1.807, 2.05) is 36.1 Å². The molecular formula is C16H21ClN2O2. The van der Waals surface area contributed by atoms with Gasteiger partial charge in [-0.05, 0) is 56.5 Å². The van der Waals surface area contributed by atoms with Crippen LogP contribution in [0.1, 0.15) is 19.8 Å². The number of anilines is 1. The summed E-state index contributed by atoms with van der Waals surface area (Å²) in [6, 6.07) is 7.38. The molecule has 4 nitrogen and oxygen atoms in total. The Balaban J connectivity index is 1.68. The van der Waals surface area contributed by atoms with Crippen molar-refractivity contribution in [3.8, 4) is 0 Å². The molecule has 0 bridgehead atoms. The van der Waals surface area contributed by atoms with Crippen LogP contribution < -0.4 is 4.90 Å². The predicted molar refractivity (Wildman–Crippen MR) is 83.6 cm³/mol. The second kappa shape index (κ2) is 5.95. The van der Waals surface area contributed by atoms with Gasteiger partial charge in [0.2, 0.25) is 5.91 Å². The highest BCUT2D eigenvalue weighted by molar-refractivity contribution is 6.30. The van der Waals surface area contributed by atoms with Gasteiger partial charge in [0, 0.05) is 23.8 Å². The quantitative estimate of drug-likeness (QED) is 0.930. The van der Waals surface area contributed by atoms with Crippen LogP contribution in [0.4, 0.5) is 5.69 Å². The number of hydrogen-bond donors (Lipinski definition) is 1. The Bertz CT molecular complexity index is 518. The first-order chi connectivity index (χ1) is 10.1. The highest BCUT2D eigenvalue weighted by atomic mass is 35.5. The zero-order valence-corrected chi connectivity index (χ0v) is 13.0. The summed E-state index contributed by atoms with van der Waals surface area (Å²) in [5, 5.41) is 10.4. The fourth-order valence-electron chi connectivity index (χ4n) is 3.37. The van der Waals surface area contributed by atoms with Gasteiger partial charge < -0.3 is 10.0 Å². The SMILES string of the molecule is CC(O)C1CCN(C2CCN(c3ccc(Cl)cc3)C2=O)C1. The van der Waals surface area contributed by atoms with Crippen molar-refractivity contribution in [1.29, 1.82) is 0 Å². The summed E-state index contributed by atoms with van der Waals surface area (Å²) in [5.41, 5.74) is 0.915. The van der Waals surface area contributed by atoms with E-state index < -0.39 is 0 Å². The highest BCUT2D eigenvalue weighted by Gasteiger charge is 2.40. The standard InChI is InChI=1S/C16H21ClN2O2/c1-11(20)12-6-8-18(10-12)15-7-9-19(16(15)21)14-4-2-13(17)3-5-14/h2-5,11-12,15,20H,6-10H2,1H3. The number of rotatable bonds is 3. The Morgan fingerprint density at radius 1 is 1.24 bits per heavy atom. The molecule has 0 aliphatic carbocycles. The van der Waals surface area contributed by atoms with Crippen LogP contribution in [-0.2, 0) is 4.79 Å². The Morgan fingerprint density at radius 3 is 2.57 bits per heavy atom. The summed E-state index contributed by atoms with van der Waals surface area (Å²) in [5.74, 6) is 0.464. The largest absolute Gasteiger partial charge is 0.393 e. The Morgan fingerprint density at radius 2 is 1.95 bits per heavy atom. The molecular weight excluding hydrogens is 288 g/mol. The molecule has 21 heavy (non-hydrogen) atoms. The summed E-state index contributed by atoms with van der Waals surface area (Å²) in [4.78, 5) is 16.7. The molecule has 5 heteroatoms. The first-order valence-electron chi connectivity index (χ1n) is 7.55. The molecule has 1 aromatic rings. The molecule has 0 saturated carbocycles. The molecule has 3 unspecified atom stereocenters. The van der Waals surface area contributed by atoms with Crippen molar-refractivity contribution in [2.75, 3.05) is 24.5 Å². The van der Waals surface area contributed by atoms with Crippen LogP contribution in [0, 0.1) is 5.92 Å². The van der Waals surface area contributed by atoms with E-state index in [0.717, 1.165) is 38.2 Å². The lowest BCUT2D eigenvalue weighted by Crippen LogP contribution is -2.41. The van der Waals surface area contributed by atoms with Crippen LogP contribution in [0.15, 0.2) is 24.3 Å².